The van der Waals surface area contributed by atoms with E-state index in [4.69, 9.17) is 4.74 Å². The first-order chi connectivity index (χ1) is 14.5. The SMILES string of the molecule is CN(c1cccn(O)c1=O)S(=O)(=O)c1ccc(Oc2ccc(OC(C)(F)F)cc2)cc1. The first-order valence-corrected chi connectivity index (χ1v) is 10.3. The number of rotatable bonds is 7. The summed E-state index contributed by atoms with van der Waals surface area (Å²) in [5, 5.41) is 9.46. The summed E-state index contributed by atoms with van der Waals surface area (Å²) in [5.41, 5.74) is -1.12. The Kier molecular flexibility index (Phi) is 5.89. The fraction of sp³-hybridized carbons (Fsp3) is 0.150. The molecule has 164 valence electrons. The van der Waals surface area contributed by atoms with Gasteiger partial charge in [0, 0.05) is 20.2 Å². The van der Waals surface area contributed by atoms with Crippen LogP contribution in [-0.2, 0) is 10.0 Å². The third kappa shape index (κ3) is 5.12. The molecular weight excluding hydrogens is 434 g/mol. The molecule has 0 bridgehead atoms. The Morgan fingerprint density at radius 3 is 2.03 bits per heavy atom. The standard InChI is InChI=1S/C20H18F2N2O6S/c1-20(21,22)30-16-7-5-14(6-8-16)29-15-9-11-17(12-10-15)31(27,28)23(2)18-4-3-13-24(26)19(18)25/h3-13,26H,1-2H3. The van der Waals surface area contributed by atoms with Crippen molar-refractivity contribution in [3.8, 4) is 17.2 Å². The topological polar surface area (TPSA) is 98.1 Å². The quantitative estimate of drug-likeness (QED) is 0.549. The van der Waals surface area contributed by atoms with Gasteiger partial charge < -0.3 is 14.7 Å². The van der Waals surface area contributed by atoms with Crippen LogP contribution in [0.4, 0.5) is 14.5 Å². The Bertz CT molecular complexity index is 1220. The van der Waals surface area contributed by atoms with Crippen LogP contribution in [0.5, 0.6) is 17.2 Å². The zero-order valence-corrected chi connectivity index (χ0v) is 17.2. The maximum Gasteiger partial charge on any atom is 0.394 e. The summed E-state index contributed by atoms with van der Waals surface area (Å²) in [6.07, 6.45) is -2.22. The molecule has 0 spiro atoms. The Hall–Kier alpha value is -3.60. The summed E-state index contributed by atoms with van der Waals surface area (Å²) in [5.74, 6) is 0.591. The van der Waals surface area contributed by atoms with Gasteiger partial charge in [0.15, 0.2) is 0 Å². The number of sulfonamides is 1. The van der Waals surface area contributed by atoms with E-state index in [1.54, 1.807) is 0 Å². The molecule has 3 aromatic rings. The van der Waals surface area contributed by atoms with Crippen molar-refractivity contribution in [2.45, 2.75) is 17.9 Å². The highest BCUT2D eigenvalue weighted by Crippen LogP contribution is 2.28. The maximum absolute atomic E-state index is 12.9. The van der Waals surface area contributed by atoms with Gasteiger partial charge in [-0.2, -0.15) is 13.5 Å². The molecule has 0 aliphatic rings. The highest BCUT2D eigenvalue weighted by Gasteiger charge is 2.24. The molecule has 0 saturated heterocycles. The lowest BCUT2D eigenvalue weighted by Crippen LogP contribution is -2.33. The Balaban J connectivity index is 1.76. The molecular formula is C20H18F2N2O6S. The minimum absolute atomic E-state index is 0.0350. The largest absolute Gasteiger partial charge is 0.457 e. The second kappa shape index (κ2) is 8.26. The van der Waals surface area contributed by atoms with E-state index in [1.807, 2.05) is 0 Å². The van der Waals surface area contributed by atoms with E-state index in [1.165, 1.54) is 67.7 Å². The number of pyridine rings is 1. The predicted molar refractivity (Wildman–Crippen MR) is 108 cm³/mol. The Morgan fingerprint density at radius 1 is 0.968 bits per heavy atom. The van der Waals surface area contributed by atoms with Crippen LogP contribution in [0.3, 0.4) is 0 Å². The number of nitrogens with zero attached hydrogens (tertiary/aromatic N) is 2. The van der Waals surface area contributed by atoms with Gasteiger partial charge in [0.2, 0.25) is 0 Å². The summed E-state index contributed by atoms with van der Waals surface area (Å²) < 4.78 is 62.4. The van der Waals surface area contributed by atoms with Crippen LogP contribution in [0.15, 0.2) is 76.6 Å². The number of benzene rings is 2. The van der Waals surface area contributed by atoms with Crippen molar-refractivity contribution in [2.75, 3.05) is 11.4 Å². The molecule has 3 rings (SSSR count). The molecule has 2 aromatic carbocycles. The first-order valence-electron chi connectivity index (χ1n) is 8.82. The van der Waals surface area contributed by atoms with Crippen molar-refractivity contribution < 1.29 is 31.9 Å². The van der Waals surface area contributed by atoms with Crippen molar-refractivity contribution >= 4 is 15.7 Å². The lowest BCUT2D eigenvalue weighted by Gasteiger charge is -2.19. The van der Waals surface area contributed by atoms with Crippen molar-refractivity contribution in [2.24, 2.45) is 0 Å². The van der Waals surface area contributed by atoms with Crippen LogP contribution in [-0.4, -0.2) is 31.5 Å². The number of hydrogen-bond acceptors (Lipinski definition) is 6. The van der Waals surface area contributed by atoms with Gasteiger partial charge in [0.1, 0.15) is 22.9 Å². The lowest BCUT2D eigenvalue weighted by molar-refractivity contribution is -0.158. The van der Waals surface area contributed by atoms with Crippen LogP contribution in [0.2, 0.25) is 0 Å². The molecule has 0 amide bonds. The molecule has 11 heteroatoms. The van der Waals surface area contributed by atoms with Gasteiger partial charge in [0.05, 0.1) is 4.90 Å². The summed E-state index contributed by atoms with van der Waals surface area (Å²) in [4.78, 5) is 11.9. The van der Waals surface area contributed by atoms with Gasteiger partial charge in [0.25, 0.3) is 10.0 Å². The lowest BCUT2D eigenvalue weighted by atomic mass is 10.3. The number of anilines is 1. The van der Waals surface area contributed by atoms with E-state index in [0.29, 0.717) is 18.4 Å². The number of halogens is 2. The average molecular weight is 452 g/mol. The van der Waals surface area contributed by atoms with Gasteiger partial charge in [-0.1, -0.05) is 0 Å². The number of ether oxygens (including phenoxy) is 2. The minimum atomic E-state index is -4.08. The minimum Gasteiger partial charge on any atom is -0.457 e. The van der Waals surface area contributed by atoms with Crippen molar-refractivity contribution in [3.63, 3.8) is 0 Å². The van der Waals surface area contributed by atoms with E-state index in [2.05, 4.69) is 4.74 Å². The van der Waals surface area contributed by atoms with E-state index < -0.39 is 21.7 Å². The summed E-state index contributed by atoms with van der Waals surface area (Å²) in [6.45, 7) is 0.627. The van der Waals surface area contributed by atoms with E-state index >= 15 is 0 Å². The predicted octanol–water partition coefficient (Wildman–Crippen LogP) is 3.69. The van der Waals surface area contributed by atoms with Crippen molar-refractivity contribution in [1.82, 2.24) is 4.73 Å². The summed E-state index contributed by atoms with van der Waals surface area (Å²) >= 11 is 0. The Morgan fingerprint density at radius 2 is 1.48 bits per heavy atom. The molecule has 0 unspecified atom stereocenters. The van der Waals surface area contributed by atoms with Gasteiger partial charge in [-0.25, -0.2) is 8.42 Å². The number of hydrogen-bond donors (Lipinski definition) is 1. The van der Waals surface area contributed by atoms with Gasteiger partial charge in [-0.3, -0.25) is 9.10 Å². The van der Waals surface area contributed by atoms with Crippen molar-refractivity contribution in [1.29, 1.82) is 0 Å². The molecule has 0 aliphatic carbocycles. The maximum atomic E-state index is 12.9. The van der Waals surface area contributed by atoms with E-state index in [-0.39, 0.29) is 21.1 Å². The molecule has 0 fully saturated rings. The van der Waals surface area contributed by atoms with Crippen LogP contribution >= 0.6 is 0 Å². The first kappa shape index (κ1) is 22.1. The highest BCUT2D eigenvalue weighted by molar-refractivity contribution is 7.92. The Labute approximate surface area is 176 Å². The second-order valence-corrected chi connectivity index (χ2v) is 8.44. The summed E-state index contributed by atoms with van der Waals surface area (Å²) in [6, 6.07) is 13.5. The fourth-order valence-corrected chi connectivity index (χ4v) is 3.79. The van der Waals surface area contributed by atoms with Gasteiger partial charge >= 0.3 is 11.7 Å². The third-order valence-corrected chi connectivity index (χ3v) is 5.87. The average Bonchev–Trinajstić information content (AvgIpc) is 2.70. The molecule has 0 aliphatic heterocycles. The molecule has 1 N–H and O–H groups in total. The molecule has 0 atom stereocenters. The van der Waals surface area contributed by atoms with Gasteiger partial charge in [-0.05, 0) is 60.7 Å². The fourth-order valence-electron chi connectivity index (χ4n) is 2.60. The monoisotopic (exact) mass is 452 g/mol. The third-order valence-electron chi connectivity index (χ3n) is 4.09. The van der Waals surface area contributed by atoms with E-state index in [9.17, 15) is 27.2 Å². The number of aromatic nitrogens is 1. The van der Waals surface area contributed by atoms with E-state index in [0.717, 1.165) is 10.5 Å². The van der Waals surface area contributed by atoms with Crippen molar-refractivity contribution in [3.05, 3.63) is 77.2 Å². The van der Waals surface area contributed by atoms with Gasteiger partial charge in [-0.15, -0.1) is 0 Å². The van der Waals surface area contributed by atoms with Crippen LogP contribution in [0, 0.1) is 0 Å². The molecule has 8 nitrogen and oxygen atoms in total. The normalized spacial score (nSPS) is 11.7. The molecule has 1 aromatic heterocycles. The molecule has 0 radical (unpaired) electrons. The van der Waals surface area contributed by atoms with Crippen LogP contribution in [0.25, 0.3) is 0 Å². The zero-order valence-electron chi connectivity index (χ0n) is 16.4. The highest BCUT2D eigenvalue weighted by atomic mass is 32.2. The zero-order chi connectivity index (χ0) is 22.8. The summed E-state index contributed by atoms with van der Waals surface area (Å²) in [7, 11) is -2.88. The number of alkyl halides is 2. The molecule has 31 heavy (non-hydrogen) atoms. The molecule has 1 heterocycles. The second-order valence-electron chi connectivity index (χ2n) is 6.47. The smallest absolute Gasteiger partial charge is 0.394 e. The van der Waals surface area contributed by atoms with Crippen LogP contribution in [0.1, 0.15) is 6.92 Å². The van der Waals surface area contributed by atoms with Crippen LogP contribution < -0.4 is 19.3 Å². The molecule has 0 saturated carbocycles.